The Hall–Kier alpha value is -0.570. The SMILES string of the molecule is CC(C(=O)OC(C)(C)C)N1CCCC1. The molecule has 0 N–H and O–H groups in total. The van der Waals surface area contributed by atoms with E-state index in [0.29, 0.717) is 0 Å². The molecule has 0 aromatic rings. The van der Waals surface area contributed by atoms with Crippen molar-refractivity contribution in [2.45, 2.75) is 52.2 Å². The second kappa shape index (κ2) is 4.30. The van der Waals surface area contributed by atoms with E-state index in [-0.39, 0.29) is 17.6 Å². The van der Waals surface area contributed by atoms with Crippen molar-refractivity contribution in [2.75, 3.05) is 13.1 Å². The van der Waals surface area contributed by atoms with Crippen LogP contribution in [0.15, 0.2) is 0 Å². The first-order chi connectivity index (χ1) is 6.40. The molecule has 1 atom stereocenters. The Bertz CT molecular complexity index is 202. The van der Waals surface area contributed by atoms with Gasteiger partial charge in [0, 0.05) is 0 Å². The lowest BCUT2D eigenvalue weighted by Gasteiger charge is -2.26. The van der Waals surface area contributed by atoms with Crippen LogP contribution in [0.1, 0.15) is 40.5 Å². The van der Waals surface area contributed by atoms with Crippen molar-refractivity contribution in [2.24, 2.45) is 0 Å². The number of carbonyl (C=O) groups excluding carboxylic acids is 1. The van der Waals surface area contributed by atoms with Crippen LogP contribution in [-0.4, -0.2) is 35.6 Å². The fourth-order valence-electron chi connectivity index (χ4n) is 1.67. The van der Waals surface area contributed by atoms with E-state index >= 15 is 0 Å². The van der Waals surface area contributed by atoms with Crippen LogP contribution in [-0.2, 0) is 9.53 Å². The van der Waals surface area contributed by atoms with Crippen LogP contribution in [0.4, 0.5) is 0 Å². The minimum Gasteiger partial charge on any atom is -0.459 e. The first-order valence-corrected chi connectivity index (χ1v) is 5.37. The summed E-state index contributed by atoms with van der Waals surface area (Å²) in [6.07, 6.45) is 2.40. The molecular formula is C11H21NO2. The van der Waals surface area contributed by atoms with Gasteiger partial charge < -0.3 is 4.74 Å². The van der Waals surface area contributed by atoms with Gasteiger partial charge in [0.2, 0.25) is 0 Å². The van der Waals surface area contributed by atoms with Crippen LogP contribution in [0, 0.1) is 0 Å². The molecule has 0 amide bonds. The zero-order valence-corrected chi connectivity index (χ0v) is 9.67. The Morgan fingerprint density at radius 1 is 1.29 bits per heavy atom. The highest BCUT2D eigenvalue weighted by Crippen LogP contribution is 2.15. The first kappa shape index (κ1) is 11.5. The molecule has 1 heterocycles. The quantitative estimate of drug-likeness (QED) is 0.635. The number of carbonyl (C=O) groups is 1. The molecule has 0 aromatic heterocycles. The highest BCUT2D eigenvalue weighted by molar-refractivity contribution is 5.75. The fourth-order valence-corrected chi connectivity index (χ4v) is 1.67. The van der Waals surface area contributed by atoms with Crippen molar-refractivity contribution in [1.82, 2.24) is 4.90 Å². The minimum atomic E-state index is -0.370. The monoisotopic (exact) mass is 199 g/mol. The molecule has 0 radical (unpaired) electrons. The maximum atomic E-state index is 11.7. The Morgan fingerprint density at radius 3 is 2.21 bits per heavy atom. The number of hydrogen-bond donors (Lipinski definition) is 0. The Morgan fingerprint density at radius 2 is 1.79 bits per heavy atom. The van der Waals surface area contributed by atoms with E-state index in [4.69, 9.17) is 4.74 Å². The zero-order chi connectivity index (χ0) is 10.8. The van der Waals surface area contributed by atoms with Gasteiger partial charge in [-0.3, -0.25) is 9.69 Å². The zero-order valence-electron chi connectivity index (χ0n) is 9.67. The molecular weight excluding hydrogens is 178 g/mol. The summed E-state index contributed by atoms with van der Waals surface area (Å²) < 4.78 is 5.33. The van der Waals surface area contributed by atoms with Crippen molar-refractivity contribution in [3.8, 4) is 0 Å². The molecule has 1 rings (SSSR count). The van der Waals surface area contributed by atoms with E-state index in [1.807, 2.05) is 27.7 Å². The molecule has 0 saturated carbocycles. The molecule has 0 aromatic carbocycles. The van der Waals surface area contributed by atoms with E-state index < -0.39 is 0 Å². The van der Waals surface area contributed by atoms with Gasteiger partial charge in [0.25, 0.3) is 0 Å². The maximum Gasteiger partial charge on any atom is 0.323 e. The summed E-state index contributed by atoms with van der Waals surface area (Å²) in [6.45, 7) is 9.70. The van der Waals surface area contributed by atoms with Crippen molar-refractivity contribution >= 4 is 5.97 Å². The number of likely N-dealkylation sites (tertiary alicyclic amines) is 1. The van der Waals surface area contributed by atoms with E-state index in [0.717, 1.165) is 13.1 Å². The van der Waals surface area contributed by atoms with Crippen LogP contribution < -0.4 is 0 Å². The van der Waals surface area contributed by atoms with Crippen LogP contribution in [0.25, 0.3) is 0 Å². The third-order valence-corrected chi connectivity index (χ3v) is 2.44. The summed E-state index contributed by atoms with van der Waals surface area (Å²) in [5, 5.41) is 0. The van der Waals surface area contributed by atoms with E-state index in [1.165, 1.54) is 12.8 Å². The summed E-state index contributed by atoms with van der Waals surface area (Å²) >= 11 is 0. The number of nitrogens with zero attached hydrogens (tertiary/aromatic N) is 1. The van der Waals surface area contributed by atoms with E-state index in [1.54, 1.807) is 0 Å². The molecule has 14 heavy (non-hydrogen) atoms. The Labute approximate surface area is 86.4 Å². The summed E-state index contributed by atoms with van der Waals surface area (Å²) in [7, 11) is 0. The second-order valence-electron chi connectivity index (χ2n) is 4.95. The van der Waals surface area contributed by atoms with Gasteiger partial charge in [0.15, 0.2) is 0 Å². The van der Waals surface area contributed by atoms with Gasteiger partial charge in [0.05, 0.1) is 0 Å². The first-order valence-electron chi connectivity index (χ1n) is 5.37. The predicted octanol–water partition coefficient (Wildman–Crippen LogP) is 1.81. The van der Waals surface area contributed by atoms with Crippen molar-refractivity contribution < 1.29 is 9.53 Å². The highest BCUT2D eigenvalue weighted by Gasteiger charge is 2.27. The lowest BCUT2D eigenvalue weighted by Crippen LogP contribution is -2.40. The number of rotatable bonds is 2. The third-order valence-electron chi connectivity index (χ3n) is 2.44. The van der Waals surface area contributed by atoms with Crippen LogP contribution in [0.3, 0.4) is 0 Å². The molecule has 1 aliphatic rings. The lowest BCUT2D eigenvalue weighted by atomic mass is 10.2. The normalized spacial score (nSPS) is 20.9. The molecule has 1 saturated heterocycles. The molecule has 0 aliphatic carbocycles. The molecule has 3 nitrogen and oxygen atoms in total. The van der Waals surface area contributed by atoms with E-state index in [9.17, 15) is 4.79 Å². The predicted molar refractivity (Wildman–Crippen MR) is 56.1 cm³/mol. The fraction of sp³-hybridized carbons (Fsp3) is 0.909. The smallest absolute Gasteiger partial charge is 0.323 e. The number of esters is 1. The molecule has 82 valence electrons. The summed E-state index contributed by atoms with van der Waals surface area (Å²) in [4.78, 5) is 13.9. The van der Waals surface area contributed by atoms with Gasteiger partial charge in [-0.25, -0.2) is 0 Å². The molecule has 0 bridgehead atoms. The van der Waals surface area contributed by atoms with Crippen LogP contribution in [0.5, 0.6) is 0 Å². The Balaban J connectivity index is 2.43. The Kier molecular flexibility index (Phi) is 3.53. The summed E-state index contributed by atoms with van der Waals surface area (Å²) in [5.41, 5.74) is -0.370. The van der Waals surface area contributed by atoms with E-state index in [2.05, 4.69) is 4.90 Å². The summed E-state index contributed by atoms with van der Waals surface area (Å²) in [6, 6.07) is -0.0864. The molecule has 3 heteroatoms. The largest absolute Gasteiger partial charge is 0.459 e. The summed E-state index contributed by atoms with van der Waals surface area (Å²) in [5.74, 6) is -0.0978. The van der Waals surface area contributed by atoms with Crippen molar-refractivity contribution in [3.05, 3.63) is 0 Å². The third kappa shape index (κ3) is 3.29. The number of hydrogen-bond acceptors (Lipinski definition) is 3. The van der Waals surface area contributed by atoms with Gasteiger partial charge in [-0.15, -0.1) is 0 Å². The average Bonchev–Trinajstić information content (AvgIpc) is 2.51. The number of ether oxygens (including phenoxy) is 1. The average molecular weight is 199 g/mol. The van der Waals surface area contributed by atoms with Crippen molar-refractivity contribution in [3.63, 3.8) is 0 Å². The minimum absolute atomic E-state index is 0.0864. The standard InChI is InChI=1S/C11H21NO2/c1-9(12-7-5-6-8-12)10(13)14-11(2,3)4/h9H,5-8H2,1-4H3. The van der Waals surface area contributed by atoms with Crippen molar-refractivity contribution in [1.29, 1.82) is 0 Å². The van der Waals surface area contributed by atoms with Crippen LogP contribution >= 0.6 is 0 Å². The molecule has 1 unspecified atom stereocenters. The molecule has 0 spiro atoms. The molecule has 1 fully saturated rings. The maximum absolute atomic E-state index is 11.7. The lowest BCUT2D eigenvalue weighted by molar-refractivity contribution is -0.160. The van der Waals surface area contributed by atoms with Crippen LogP contribution in [0.2, 0.25) is 0 Å². The topological polar surface area (TPSA) is 29.5 Å². The van der Waals surface area contributed by atoms with Gasteiger partial charge in [-0.1, -0.05) is 0 Å². The van der Waals surface area contributed by atoms with Gasteiger partial charge in [-0.05, 0) is 53.6 Å². The van der Waals surface area contributed by atoms with Gasteiger partial charge >= 0.3 is 5.97 Å². The van der Waals surface area contributed by atoms with Gasteiger partial charge in [-0.2, -0.15) is 0 Å². The molecule has 1 aliphatic heterocycles. The van der Waals surface area contributed by atoms with Gasteiger partial charge in [0.1, 0.15) is 11.6 Å². The highest BCUT2D eigenvalue weighted by atomic mass is 16.6. The second-order valence-corrected chi connectivity index (χ2v) is 4.95.